The lowest BCUT2D eigenvalue weighted by molar-refractivity contribution is 0.197. The molecule has 1 atom stereocenters. The number of nitrogens with one attached hydrogen (secondary N) is 1. The number of methoxy groups -OCH3 is 1. The minimum atomic E-state index is -3.51. The van der Waals surface area contributed by atoms with Crippen molar-refractivity contribution < 1.29 is 17.6 Å². The van der Waals surface area contributed by atoms with Crippen molar-refractivity contribution in [1.29, 1.82) is 5.26 Å². The lowest BCUT2D eigenvalue weighted by Crippen LogP contribution is -2.39. The van der Waals surface area contributed by atoms with E-state index in [1.54, 1.807) is 35.7 Å². The summed E-state index contributed by atoms with van der Waals surface area (Å²) in [5.41, 5.74) is 0.772. The van der Waals surface area contributed by atoms with Gasteiger partial charge < -0.3 is 14.5 Å². The van der Waals surface area contributed by atoms with Gasteiger partial charge in [-0.25, -0.2) is 8.42 Å². The van der Waals surface area contributed by atoms with Crippen LogP contribution in [0.5, 0.6) is 0 Å². The molecule has 0 aliphatic carbocycles. The fourth-order valence-electron chi connectivity index (χ4n) is 3.34. The topological polar surface area (TPSA) is 108 Å². The minimum absolute atomic E-state index is 0.163. The molecule has 2 heterocycles. The largest absolute Gasteiger partial charge is 0.419 e. The van der Waals surface area contributed by atoms with E-state index < -0.39 is 10.0 Å². The molecule has 3 rings (SSSR count). The Morgan fingerprint density at radius 2 is 2.14 bits per heavy atom. The number of aromatic nitrogens is 1. The van der Waals surface area contributed by atoms with Crippen LogP contribution in [0, 0.1) is 17.2 Å². The molecule has 1 aliphatic heterocycles. The summed E-state index contributed by atoms with van der Waals surface area (Å²) in [6, 6.07) is 8.44. The predicted octanol–water partition coefficient (Wildman–Crippen LogP) is 3.08. The van der Waals surface area contributed by atoms with Gasteiger partial charge in [0, 0.05) is 38.9 Å². The molecule has 1 N–H and O–H groups in total. The maximum atomic E-state index is 12.9. The molecule has 29 heavy (non-hydrogen) atoms. The number of piperidine rings is 1. The molecule has 1 aromatic carbocycles. The van der Waals surface area contributed by atoms with Crippen LogP contribution in [0.15, 0.2) is 33.6 Å². The van der Waals surface area contributed by atoms with Gasteiger partial charge in [0.2, 0.25) is 27.5 Å². The molecule has 9 heteroatoms. The molecule has 0 spiro atoms. The van der Waals surface area contributed by atoms with Gasteiger partial charge in [-0.3, -0.25) is 0 Å². The molecule has 0 saturated carbocycles. The van der Waals surface area contributed by atoms with E-state index >= 15 is 0 Å². The van der Waals surface area contributed by atoms with Crippen molar-refractivity contribution in [3.63, 3.8) is 0 Å². The van der Waals surface area contributed by atoms with Gasteiger partial charge in [0.1, 0.15) is 6.07 Å². The van der Waals surface area contributed by atoms with E-state index in [2.05, 4.69) is 17.2 Å². The number of benzene rings is 1. The zero-order chi connectivity index (χ0) is 20.9. The number of anilines is 1. The minimum Gasteiger partial charge on any atom is -0.419 e. The molecule has 2 aromatic rings. The van der Waals surface area contributed by atoms with Crippen LogP contribution in [0.25, 0.3) is 11.5 Å². The molecule has 1 aliphatic rings. The zero-order valence-electron chi connectivity index (χ0n) is 16.7. The van der Waals surface area contributed by atoms with Gasteiger partial charge in [-0.2, -0.15) is 14.6 Å². The lowest BCUT2D eigenvalue weighted by atomic mass is 10.0. The first-order valence-corrected chi connectivity index (χ1v) is 11.1. The lowest BCUT2D eigenvalue weighted by Gasteiger charge is -2.30. The summed E-state index contributed by atoms with van der Waals surface area (Å²) in [5.74, 6) is 0.938. The zero-order valence-corrected chi connectivity index (χ0v) is 17.5. The fraction of sp³-hybridized carbons (Fsp3) is 0.500. The van der Waals surface area contributed by atoms with Crippen LogP contribution in [-0.2, 0) is 14.8 Å². The van der Waals surface area contributed by atoms with E-state index in [1.165, 1.54) is 0 Å². The van der Waals surface area contributed by atoms with Crippen molar-refractivity contribution in [2.75, 3.05) is 38.7 Å². The second-order valence-corrected chi connectivity index (χ2v) is 9.15. The monoisotopic (exact) mass is 418 g/mol. The molecular weight excluding hydrogens is 392 g/mol. The molecule has 1 fully saturated rings. The van der Waals surface area contributed by atoms with Crippen LogP contribution in [0.2, 0.25) is 0 Å². The molecule has 1 aromatic heterocycles. The Morgan fingerprint density at radius 3 is 2.79 bits per heavy atom. The molecule has 0 bridgehead atoms. The van der Waals surface area contributed by atoms with E-state index in [4.69, 9.17) is 9.15 Å². The normalized spacial score (nSPS) is 17.8. The van der Waals surface area contributed by atoms with Crippen LogP contribution in [0.1, 0.15) is 31.9 Å². The average molecular weight is 419 g/mol. The van der Waals surface area contributed by atoms with Crippen molar-refractivity contribution >= 4 is 15.9 Å². The third-order valence-electron chi connectivity index (χ3n) is 4.90. The maximum Gasteiger partial charge on any atom is 0.243 e. The number of rotatable bonds is 8. The third kappa shape index (κ3) is 4.96. The van der Waals surface area contributed by atoms with E-state index in [-0.39, 0.29) is 16.5 Å². The Morgan fingerprint density at radius 1 is 1.38 bits per heavy atom. The van der Waals surface area contributed by atoms with Gasteiger partial charge in [-0.05, 0) is 49.4 Å². The van der Waals surface area contributed by atoms with Crippen LogP contribution >= 0.6 is 0 Å². The Labute approximate surface area is 171 Å². The predicted molar refractivity (Wildman–Crippen MR) is 109 cm³/mol. The van der Waals surface area contributed by atoms with Crippen LogP contribution < -0.4 is 5.32 Å². The van der Waals surface area contributed by atoms with Crippen LogP contribution in [0.3, 0.4) is 0 Å². The second kappa shape index (κ2) is 9.39. The number of nitriles is 1. The summed E-state index contributed by atoms with van der Waals surface area (Å²) in [5, 5.41) is 12.3. The van der Waals surface area contributed by atoms with Gasteiger partial charge in [-0.1, -0.05) is 6.92 Å². The highest BCUT2D eigenvalue weighted by molar-refractivity contribution is 7.89. The van der Waals surface area contributed by atoms with Gasteiger partial charge in [-0.15, -0.1) is 0 Å². The first-order valence-electron chi connectivity index (χ1n) is 9.70. The highest BCUT2D eigenvalue weighted by atomic mass is 32.2. The van der Waals surface area contributed by atoms with Crippen LogP contribution in [-0.4, -0.2) is 51.1 Å². The smallest absolute Gasteiger partial charge is 0.243 e. The maximum absolute atomic E-state index is 12.9. The summed E-state index contributed by atoms with van der Waals surface area (Å²) in [6.07, 6.45) is 2.70. The van der Waals surface area contributed by atoms with E-state index in [0.717, 1.165) is 19.3 Å². The SMILES string of the molecule is COCCCNc1oc(-c2ccc(S(=O)(=O)N3CCC[C@H](C)C3)cc2)nc1C#N. The van der Waals surface area contributed by atoms with E-state index in [1.807, 2.05) is 6.07 Å². The van der Waals surface area contributed by atoms with Gasteiger partial charge >= 0.3 is 0 Å². The van der Waals surface area contributed by atoms with Crippen molar-refractivity contribution in [3.8, 4) is 17.5 Å². The Hall–Kier alpha value is -2.41. The molecule has 156 valence electrons. The van der Waals surface area contributed by atoms with Gasteiger partial charge in [0.05, 0.1) is 4.90 Å². The second-order valence-electron chi connectivity index (χ2n) is 7.22. The van der Waals surface area contributed by atoms with Crippen molar-refractivity contribution in [2.24, 2.45) is 5.92 Å². The molecule has 0 amide bonds. The van der Waals surface area contributed by atoms with Crippen molar-refractivity contribution in [1.82, 2.24) is 9.29 Å². The van der Waals surface area contributed by atoms with Crippen molar-refractivity contribution in [2.45, 2.75) is 31.1 Å². The first kappa shape index (κ1) is 21.3. The Kier molecular flexibility index (Phi) is 6.90. The standard InChI is InChI=1S/C20H26N4O4S/c1-15-5-3-11-24(14-15)29(25,26)17-8-6-16(7-9-17)19-23-18(13-21)20(28-19)22-10-4-12-27-2/h6-9,15,22H,3-5,10-12,14H2,1-2H3/t15-/m0/s1. The molecule has 0 unspecified atom stereocenters. The number of hydrogen-bond acceptors (Lipinski definition) is 7. The Balaban J connectivity index is 1.76. The summed E-state index contributed by atoms with van der Waals surface area (Å²) in [4.78, 5) is 4.46. The Bertz CT molecular complexity index is 963. The summed E-state index contributed by atoms with van der Waals surface area (Å²) < 4.78 is 38.0. The number of nitrogens with zero attached hydrogens (tertiary/aromatic N) is 3. The highest BCUT2D eigenvalue weighted by Gasteiger charge is 2.28. The summed E-state index contributed by atoms with van der Waals surface area (Å²) in [7, 11) is -1.89. The average Bonchev–Trinajstić information content (AvgIpc) is 3.14. The summed E-state index contributed by atoms with van der Waals surface area (Å²) in [6.45, 7) is 4.36. The highest BCUT2D eigenvalue weighted by Crippen LogP contribution is 2.28. The quantitative estimate of drug-likeness (QED) is 0.656. The number of sulfonamides is 1. The number of ether oxygens (including phenoxy) is 1. The molecular formula is C20H26N4O4S. The number of hydrogen-bond donors (Lipinski definition) is 1. The summed E-state index contributed by atoms with van der Waals surface area (Å²) >= 11 is 0. The van der Waals surface area contributed by atoms with Gasteiger partial charge in [0.15, 0.2) is 0 Å². The molecule has 0 radical (unpaired) electrons. The first-order chi connectivity index (χ1) is 14.0. The third-order valence-corrected chi connectivity index (χ3v) is 6.78. The fourth-order valence-corrected chi connectivity index (χ4v) is 4.94. The van der Waals surface area contributed by atoms with E-state index in [0.29, 0.717) is 43.6 Å². The molecule has 8 nitrogen and oxygen atoms in total. The number of oxazole rings is 1. The van der Waals surface area contributed by atoms with E-state index in [9.17, 15) is 13.7 Å². The van der Waals surface area contributed by atoms with Crippen LogP contribution in [0.4, 0.5) is 5.88 Å². The molecule has 1 saturated heterocycles. The van der Waals surface area contributed by atoms with Crippen molar-refractivity contribution in [3.05, 3.63) is 30.0 Å². The van der Waals surface area contributed by atoms with Gasteiger partial charge in [0.25, 0.3) is 0 Å².